The Morgan fingerprint density at radius 1 is 1.15 bits per heavy atom. The van der Waals surface area contributed by atoms with Gasteiger partial charge in [0.25, 0.3) is 5.91 Å². The molecule has 0 fully saturated rings. The molecule has 0 unspecified atom stereocenters. The molecule has 0 spiro atoms. The normalized spacial score (nSPS) is 16.0. The van der Waals surface area contributed by atoms with E-state index in [9.17, 15) is 9.59 Å². The lowest BCUT2D eigenvalue weighted by atomic mass is 9.87. The molecule has 178 valence electrons. The van der Waals surface area contributed by atoms with Crippen molar-refractivity contribution in [2.45, 2.75) is 58.7 Å². The second-order valence-corrected chi connectivity index (χ2v) is 8.68. The van der Waals surface area contributed by atoms with E-state index in [0.29, 0.717) is 37.4 Å². The Balaban J connectivity index is 1.59. The molecule has 6 nitrogen and oxygen atoms in total. The van der Waals surface area contributed by atoms with E-state index in [1.807, 2.05) is 36.9 Å². The first-order valence-electron chi connectivity index (χ1n) is 12.0. The van der Waals surface area contributed by atoms with Gasteiger partial charge in [-0.2, -0.15) is 0 Å². The maximum absolute atomic E-state index is 12.8. The van der Waals surface area contributed by atoms with E-state index in [-0.39, 0.29) is 17.9 Å². The van der Waals surface area contributed by atoms with Crippen molar-refractivity contribution in [3.8, 4) is 5.75 Å². The molecule has 1 aliphatic heterocycles. The Kier molecular flexibility index (Phi) is 7.36. The van der Waals surface area contributed by atoms with Crippen molar-refractivity contribution >= 4 is 11.8 Å². The number of nitrogens with one attached hydrogen (secondary N) is 1. The third kappa shape index (κ3) is 5.16. The molecule has 0 bridgehead atoms. The predicted molar refractivity (Wildman–Crippen MR) is 130 cm³/mol. The molecule has 3 aromatic rings. The minimum Gasteiger partial charge on any atom is -0.481 e. The number of nitrogens with zero attached hydrogens (tertiary/aromatic N) is 1. The standard InChI is InChI=1S/C28H32N2O4/c1-4-25(28(32)29-18-23-7-6-16-33-23)34-22-13-12-20-14-15-30(26(31)5-2)27(24(20)17-22)21-10-8-19(3)9-11-21/h6-13,16-17,25,27H,4-5,14-15,18H2,1-3H3,(H,29,32)/t25-,27+/m0/s1. The largest absolute Gasteiger partial charge is 0.481 e. The van der Waals surface area contributed by atoms with Crippen molar-refractivity contribution in [1.82, 2.24) is 10.2 Å². The second kappa shape index (κ2) is 10.6. The molecule has 4 rings (SSSR count). The summed E-state index contributed by atoms with van der Waals surface area (Å²) in [5.41, 5.74) is 4.51. The Morgan fingerprint density at radius 3 is 2.62 bits per heavy atom. The molecule has 2 aromatic carbocycles. The summed E-state index contributed by atoms with van der Waals surface area (Å²) in [6, 6.07) is 17.8. The Bertz CT molecular complexity index is 1120. The molecule has 0 aliphatic carbocycles. The lowest BCUT2D eigenvalue weighted by Crippen LogP contribution is -2.40. The zero-order valence-corrected chi connectivity index (χ0v) is 20.0. The molecule has 2 heterocycles. The molecule has 1 aromatic heterocycles. The number of furan rings is 1. The number of hydrogen-bond acceptors (Lipinski definition) is 4. The quantitative estimate of drug-likeness (QED) is 0.517. The average molecular weight is 461 g/mol. The van der Waals surface area contributed by atoms with Crippen LogP contribution in [-0.4, -0.2) is 29.4 Å². The number of aryl methyl sites for hydroxylation is 1. The van der Waals surface area contributed by atoms with Crippen LogP contribution in [0.25, 0.3) is 0 Å². The Morgan fingerprint density at radius 2 is 1.94 bits per heavy atom. The summed E-state index contributed by atoms with van der Waals surface area (Å²) in [6.45, 7) is 6.88. The van der Waals surface area contributed by atoms with Crippen LogP contribution < -0.4 is 10.1 Å². The Hall–Kier alpha value is -3.54. The number of ether oxygens (including phenoxy) is 1. The number of benzene rings is 2. The van der Waals surface area contributed by atoms with Gasteiger partial charge in [0.15, 0.2) is 6.10 Å². The third-order valence-electron chi connectivity index (χ3n) is 6.32. The summed E-state index contributed by atoms with van der Waals surface area (Å²) in [4.78, 5) is 27.5. The smallest absolute Gasteiger partial charge is 0.261 e. The van der Waals surface area contributed by atoms with Crippen LogP contribution in [0.4, 0.5) is 0 Å². The van der Waals surface area contributed by atoms with Gasteiger partial charge in [-0.05, 0) is 60.7 Å². The van der Waals surface area contributed by atoms with Crippen molar-refractivity contribution in [3.05, 3.63) is 88.9 Å². The highest BCUT2D eigenvalue weighted by atomic mass is 16.5. The van der Waals surface area contributed by atoms with E-state index in [2.05, 4.69) is 42.6 Å². The van der Waals surface area contributed by atoms with E-state index in [1.54, 1.807) is 12.3 Å². The van der Waals surface area contributed by atoms with Crippen LogP contribution in [0.15, 0.2) is 65.3 Å². The first kappa shape index (κ1) is 23.6. The summed E-state index contributed by atoms with van der Waals surface area (Å²) in [6.07, 6.45) is 2.75. The van der Waals surface area contributed by atoms with Crippen LogP contribution in [0.5, 0.6) is 5.75 Å². The van der Waals surface area contributed by atoms with Gasteiger partial charge in [0.05, 0.1) is 18.8 Å². The number of hydrogen-bond donors (Lipinski definition) is 1. The third-order valence-corrected chi connectivity index (χ3v) is 6.32. The number of carbonyl (C=O) groups excluding carboxylic acids is 2. The minimum atomic E-state index is -0.622. The molecule has 0 radical (unpaired) electrons. The minimum absolute atomic E-state index is 0.131. The molecule has 2 amide bonds. The molecule has 34 heavy (non-hydrogen) atoms. The summed E-state index contributed by atoms with van der Waals surface area (Å²) >= 11 is 0. The second-order valence-electron chi connectivity index (χ2n) is 8.68. The van der Waals surface area contributed by atoms with Gasteiger partial charge in [0.2, 0.25) is 5.91 Å². The number of carbonyl (C=O) groups is 2. The molecule has 6 heteroatoms. The van der Waals surface area contributed by atoms with Gasteiger partial charge in [0, 0.05) is 13.0 Å². The van der Waals surface area contributed by atoms with Gasteiger partial charge >= 0.3 is 0 Å². The fourth-order valence-electron chi connectivity index (χ4n) is 4.43. The monoisotopic (exact) mass is 460 g/mol. The lowest BCUT2D eigenvalue weighted by Gasteiger charge is -2.38. The van der Waals surface area contributed by atoms with Crippen molar-refractivity contribution in [2.24, 2.45) is 0 Å². The predicted octanol–water partition coefficient (Wildman–Crippen LogP) is 4.95. The SMILES string of the molecule is CCC(=O)N1CCc2ccc(O[C@@H](CC)C(=O)NCc3ccco3)cc2[C@H]1c1ccc(C)cc1. The average Bonchev–Trinajstić information content (AvgIpc) is 3.39. The molecular weight excluding hydrogens is 428 g/mol. The van der Waals surface area contributed by atoms with E-state index in [1.165, 1.54) is 11.1 Å². The maximum atomic E-state index is 12.8. The summed E-state index contributed by atoms with van der Waals surface area (Å²) in [7, 11) is 0. The molecule has 0 saturated carbocycles. The van der Waals surface area contributed by atoms with Gasteiger partial charge < -0.3 is 19.4 Å². The molecule has 1 N–H and O–H groups in total. The first-order chi connectivity index (χ1) is 16.5. The summed E-state index contributed by atoms with van der Waals surface area (Å²) in [5, 5.41) is 2.88. The van der Waals surface area contributed by atoms with Gasteiger partial charge in [-0.3, -0.25) is 9.59 Å². The van der Waals surface area contributed by atoms with E-state index >= 15 is 0 Å². The number of amides is 2. The van der Waals surface area contributed by atoms with Crippen LogP contribution in [0, 0.1) is 6.92 Å². The van der Waals surface area contributed by atoms with Gasteiger partial charge in [-0.25, -0.2) is 0 Å². The van der Waals surface area contributed by atoms with Gasteiger partial charge in [-0.1, -0.05) is 49.7 Å². The van der Waals surface area contributed by atoms with E-state index < -0.39 is 6.10 Å². The van der Waals surface area contributed by atoms with Crippen molar-refractivity contribution in [2.75, 3.05) is 6.54 Å². The number of rotatable bonds is 8. The first-order valence-corrected chi connectivity index (χ1v) is 12.0. The van der Waals surface area contributed by atoms with E-state index in [0.717, 1.165) is 17.5 Å². The number of fused-ring (bicyclic) bond motifs is 1. The Labute approximate surface area is 200 Å². The zero-order valence-electron chi connectivity index (χ0n) is 20.0. The molecule has 2 atom stereocenters. The van der Waals surface area contributed by atoms with Crippen molar-refractivity contribution in [1.29, 1.82) is 0 Å². The highest BCUT2D eigenvalue weighted by molar-refractivity contribution is 5.81. The fraction of sp³-hybridized carbons (Fsp3) is 0.357. The summed E-state index contributed by atoms with van der Waals surface area (Å²) in [5.74, 6) is 1.26. The van der Waals surface area contributed by atoms with Crippen LogP contribution in [0.2, 0.25) is 0 Å². The highest BCUT2D eigenvalue weighted by Gasteiger charge is 2.32. The molecular formula is C28H32N2O4. The fourth-order valence-corrected chi connectivity index (χ4v) is 4.43. The van der Waals surface area contributed by atoms with Crippen LogP contribution in [0.3, 0.4) is 0 Å². The van der Waals surface area contributed by atoms with Gasteiger partial charge in [0.1, 0.15) is 11.5 Å². The molecule has 1 aliphatic rings. The van der Waals surface area contributed by atoms with Crippen molar-refractivity contribution < 1.29 is 18.7 Å². The highest BCUT2D eigenvalue weighted by Crippen LogP contribution is 2.37. The maximum Gasteiger partial charge on any atom is 0.261 e. The van der Waals surface area contributed by atoms with Crippen LogP contribution in [0.1, 0.15) is 60.7 Å². The zero-order chi connectivity index (χ0) is 24.1. The van der Waals surface area contributed by atoms with Crippen LogP contribution >= 0.6 is 0 Å². The van der Waals surface area contributed by atoms with E-state index in [4.69, 9.17) is 9.15 Å². The van der Waals surface area contributed by atoms with Gasteiger partial charge in [-0.15, -0.1) is 0 Å². The molecule has 0 saturated heterocycles. The van der Waals surface area contributed by atoms with Crippen molar-refractivity contribution in [3.63, 3.8) is 0 Å². The summed E-state index contributed by atoms with van der Waals surface area (Å²) < 4.78 is 11.4. The van der Waals surface area contributed by atoms with Crippen LogP contribution in [-0.2, 0) is 22.6 Å². The lowest BCUT2D eigenvalue weighted by molar-refractivity contribution is -0.133. The topological polar surface area (TPSA) is 71.8 Å².